The van der Waals surface area contributed by atoms with Gasteiger partial charge in [0, 0.05) is 44.5 Å². The average molecular weight is 377 g/mol. The number of carbonyl (C=O) groups excluding carboxylic acids is 1. The molecule has 1 saturated heterocycles. The van der Waals surface area contributed by atoms with Crippen molar-refractivity contribution in [1.29, 1.82) is 0 Å². The second-order valence-electron chi connectivity index (χ2n) is 7.82. The molecule has 0 bridgehead atoms. The minimum Gasteiger partial charge on any atom is -0.340 e. The van der Waals surface area contributed by atoms with Crippen LogP contribution in [0.25, 0.3) is 10.9 Å². The number of carbonyl (C=O) groups is 1. The molecule has 0 N–H and O–H groups in total. The van der Waals surface area contributed by atoms with E-state index in [0.29, 0.717) is 13.0 Å². The summed E-state index contributed by atoms with van der Waals surface area (Å²) in [4.78, 5) is 17.1. The van der Waals surface area contributed by atoms with Gasteiger partial charge in [-0.3, -0.25) is 14.4 Å². The van der Waals surface area contributed by atoms with Crippen molar-refractivity contribution in [3.63, 3.8) is 0 Å². The molecule has 0 spiro atoms. The standard InChI is InChI=1S/C23H28N4O/c1-18-3-6-20(7-4-18)17-25-11-13-26(14-12-25)23(28)9-10-27-22-15-19(2)5-8-21(22)16-24-27/h3-8,15-16H,9-14,17H2,1-2H3. The van der Waals surface area contributed by atoms with Crippen molar-refractivity contribution in [1.82, 2.24) is 19.6 Å². The van der Waals surface area contributed by atoms with Crippen LogP contribution in [0, 0.1) is 13.8 Å². The maximum absolute atomic E-state index is 12.7. The molecule has 2 aromatic carbocycles. The fourth-order valence-corrected chi connectivity index (χ4v) is 3.83. The zero-order valence-corrected chi connectivity index (χ0v) is 16.8. The van der Waals surface area contributed by atoms with Gasteiger partial charge in [0.15, 0.2) is 0 Å². The van der Waals surface area contributed by atoms with E-state index in [1.807, 2.05) is 15.8 Å². The number of aromatic nitrogens is 2. The molecule has 1 aliphatic heterocycles. The predicted molar refractivity (Wildman–Crippen MR) is 112 cm³/mol. The minimum absolute atomic E-state index is 0.228. The van der Waals surface area contributed by atoms with Crippen LogP contribution in [0.3, 0.4) is 0 Å². The maximum Gasteiger partial charge on any atom is 0.224 e. The first-order chi connectivity index (χ1) is 13.6. The van der Waals surface area contributed by atoms with Gasteiger partial charge in [-0.25, -0.2) is 0 Å². The molecule has 0 radical (unpaired) electrons. The Morgan fingerprint density at radius 2 is 1.68 bits per heavy atom. The van der Waals surface area contributed by atoms with Gasteiger partial charge in [0.05, 0.1) is 18.3 Å². The number of hydrogen-bond donors (Lipinski definition) is 0. The van der Waals surface area contributed by atoms with Crippen molar-refractivity contribution >= 4 is 16.8 Å². The number of hydrogen-bond acceptors (Lipinski definition) is 3. The van der Waals surface area contributed by atoms with Crippen molar-refractivity contribution in [3.8, 4) is 0 Å². The maximum atomic E-state index is 12.7. The third-order valence-electron chi connectivity index (χ3n) is 5.59. The number of nitrogens with zero attached hydrogens (tertiary/aromatic N) is 4. The predicted octanol–water partition coefficient (Wildman–Crippen LogP) is 3.39. The average Bonchev–Trinajstić information content (AvgIpc) is 3.10. The van der Waals surface area contributed by atoms with Gasteiger partial charge >= 0.3 is 0 Å². The van der Waals surface area contributed by atoms with Crippen molar-refractivity contribution in [2.75, 3.05) is 26.2 Å². The SMILES string of the molecule is Cc1ccc(CN2CCN(C(=O)CCn3ncc4ccc(C)cc43)CC2)cc1. The third kappa shape index (κ3) is 4.25. The first-order valence-corrected chi connectivity index (χ1v) is 10.1. The summed E-state index contributed by atoms with van der Waals surface area (Å²) in [6, 6.07) is 15.0. The molecule has 4 rings (SSSR count). The molecule has 146 valence electrons. The normalized spacial score (nSPS) is 15.3. The molecule has 0 unspecified atom stereocenters. The lowest BCUT2D eigenvalue weighted by molar-refractivity contribution is -0.133. The van der Waals surface area contributed by atoms with Gasteiger partial charge in [0.25, 0.3) is 0 Å². The molecular weight excluding hydrogens is 348 g/mol. The Morgan fingerprint density at radius 3 is 2.43 bits per heavy atom. The molecule has 5 nitrogen and oxygen atoms in total. The van der Waals surface area contributed by atoms with E-state index in [2.05, 4.69) is 66.3 Å². The van der Waals surface area contributed by atoms with E-state index in [4.69, 9.17) is 0 Å². The van der Waals surface area contributed by atoms with E-state index < -0.39 is 0 Å². The van der Waals surface area contributed by atoms with Gasteiger partial charge in [-0.15, -0.1) is 0 Å². The number of fused-ring (bicyclic) bond motifs is 1. The summed E-state index contributed by atoms with van der Waals surface area (Å²) in [5.41, 5.74) is 4.95. The van der Waals surface area contributed by atoms with Crippen molar-refractivity contribution in [2.45, 2.75) is 33.4 Å². The van der Waals surface area contributed by atoms with E-state index in [1.165, 1.54) is 16.7 Å². The van der Waals surface area contributed by atoms with Crippen LogP contribution in [-0.2, 0) is 17.9 Å². The Bertz CT molecular complexity index is 952. The lowest BCUT2D eigenvalue weighted by Gasteiger charge is -2.34. The molecule has 2 heterocycles. The zero-order chi connectivity index (χ0) is 19.5. The summed E-state index contributed by atoms with van der Waals surface area (Å²) in [6.07, 6.45) is 2.38. The van der Waals surface area contributed by atoms with E-state index in [0.717, 1.165) is 43.6 Å². The van der Waals surface area contributed by atoms with Gasteiger partial charge < -0.3 is 4.90 Å². The topological polar surface area (TPSA) is 41.4 Å². The van der Waals surface area contributed by atoms with E-state index in [-0.39, 0.29) is 5.91 Å². The van der Waals surface area contributed by atoms with Gasteiger partial charge in [-0.05, 0) is 31.0 Å². The molecule has 0 atom stereocenters. The lowest BCUT2D eigenvalue weighted by Crippen LogP contribution is -2.48. The van der Waals surface area contributed by atoms with Gasteiger partial charge in [-0.1, -0.05) is 42.0 Å². The Morgan fingerprint density at radius 1 is 0.964 bits per heavy atom. The molecule has 1 aliphatic rings. The second kappa shape index (κ2) is 8.15. The van der Waals surface area contributed by atoms with Crippen LogP contribution in [0.1, 0.15) is 23.1 Å². The Balaban J connectivity index is 1.28. The Hall–Kier alpha value is -2.66. The second-order valence-corrected chi connectivity index (χ2v) is 7.82. The third-order valence-corrected chi connectivity index (χ3v) is 5.59. The van der Waals surface area contributed by atoms with Gasteiger partial charge in [0.2, 0.25) is 5.91 Å². The fraction of sp³-hybridized carbons (Fsp3) is 0.391. The zero-order valence-electron chi connectivity index (χ0n) is 16.8. The molecule has 5 heteroatoms. The Labute approximate surface area is 166 Å². The van der Waals surface area contributed by atoms with Crippen LogP contribution in [0.2, 0.25) is 0 Å². The summed E-state index contributed by atoms with van der Waals surface area (Å²) in [6.45, 7) is 9.27. The smallest absolute Gasteiger partial charge is 0.224 e. The summed E-state index contributed by atoms with van der Waals surface area (Å²) < 4.78 is 1.95. The Kier molecular flexibility index (Phi) is 5.44. The van der Waals surface area contributed by atoms with E-state index in [1.54, 1.807) is 0 Å². The molecule has 3 aromatic rings. The highest BCUT2D eigenvalue weighted by Crippen LogP contribution is 2.16. The van der Waals surface area contributed by atoms with E-state index >= 15 is 0 Å². The molecule has 0 saturated carbocycles. The molecule has 1 fully saturated rings. The first-order valence-electron chi connectivity index (χ1n) is 10.1. The summed E-state index contributed by atoms with van der Waals surface area (Å²) in [5, 5.41) is 5.58. The quantitative estimate of drug-likeness (QED) is 0.685. The number of benzene rings is 2. The summed E-state index contributed by atoms with van der Waals surface area (Å²) >= 11 is 0. The van der Waals surface area contributed by atoms with Gasteiger partial charge in [-0.2, -0.15) is 5.10 Å². The van der Waals surface area contributed by atoms with Crippen LogP contribution < -0.4 is 0 Å². The van der Waals surface area contributed by atoms with Crippen LogP contribution in [0.4, 0.5) is 0 Å². The highest BCUT2D eigenvalue weighted by molar-refractivity contribution is 5.80. The molecule has 28 heavy (non-hydrogen) atoms. The number of aryl methyl sites for hydroxylation is 3. The van der Waals surface area contributed by atoms with E-state index in [9.17, 15) is 4.79 Å². The minimum atomic E-state index is 0.228. The summed E-state index contributed by atoms with van der Waals surface area (Å²) in [5.74, 6) is 0.228. The lowest BCUT2D eigenvalue weighted by atomic mass is 10.1. The van der Waals surface area contributed by atoms with Crippen molar-refractivity contribution < 1.29 is 4.79 Å². The first kappa shape index (κ1) is 18.7. The van der Waals surface area contributed by atoms with Crippen LogP contribution in [0.15, 0.2) is 48.7 Å². The number of piperazine rings is 1. The number of rotatable bonds is 5. The highest BCUT2D eigenvalue weighted by atomic mass is 16.2. The monoisotopic (exact) mass is 376 g/mol. The fourth-order valence-electron chi connectivity index (χ4n) is 3.83. The largest absolute Gasteiger partial charge is 0.340 e. The van der Waals surface area contributed by atoms with Gasteiger partial charge in [0.1, 0.15) is 0 Å². The van der Waals surface area contributed by atoms with Crippen LogP contribution in [-0.4, -0.2) is 51.7 Å². The molecule has 1 aromatic heterocycles. The van der Waals surface area contributed by atoms with Crippen molar-refractivity contribution in [3.05, 3.63) is 65.4 Å². The highest BCUT2D eigenvalue weighted by Gasteiger charge is 2.21. The molecule has 1 amide bonds. The molecular formula is C23H28N4O. The van der Waals surface area contributed by atoms with Crippen LogP contribution in [0.5, 0.6) is 0 Å². The van der Waals surface area contributed by atoms with Crippen LogP contribution >= 0.6 is 0 Å². The molecule has 0 aliphatic carbocycles. The van der Waals surface area contributed by atoms with Crippen molar-refractivity contribution in [2.24, 2.45) is 0 Å². The number of amides is 1. The summed E-state index contributed by atoms with van der Waals surface area (Å²) in [7, 11) is 0.